The number of phenols is 2. The number of aromatic hydroxyl groups is 2. The quantitative estimate of drug-likeness (QED) is 0.429. The van der Waals surface area contributed by atoms with E-state index in [0.717, 1.165) is 0 Å². The largest absolute Gasteiger partial charge is 0.504 e. The summed E-state index contributed by atoms with van der Waals surface area (Å²) >= 11 is 0. The molecule has 0 aliphatic rings. The Bertz CT molecular complexity index is 356. The summed E-state index contributed by atoms with van der Waals surface area (Å²) in [6.45, 7) is 0. The monoisotopic (exact) mass is 394 g/mol. The predicted octanol–water partition coefficient (Wildman–Crippen LogP) is 0.0497. The molecular weight excluding hydrogens is 383 g/mol. The van der Waals surface area contributed by atoms with Gasteiger partial charge in [0, 0.05) is 22.4 Å². The Morgan fingerprint density at radius 2 is 1.93 bits per heavy atom. The number of aliphatic carboxylic acids is 1. The van der Waals surface area contributed by atoms with Gasteiger partial charge in [0.2, 0.25) is 0 Å². The van der Waals surface area contributed by atoms with Crippen LogP contribution in [0.4, 0.5) is 0 Å². The molecule has 1 rings (SSSR count). The van der Waals surface area contributed by atoms with Crippen molar-refractivity contribution in [2.75, 3.05) is 0 Å². The molecule has 15 heavy (non-hydrogen) atoms. The molecule has 0 saturated heterocycles. The molecule has 0 spiro atoms. The third-order valence-electron chi connectivity index (χ3n) is 1.81. The van der Waals surface area contributed by atoms with E-state index in [-0.39, 0.29) is 40.3 Å². The average Bonchev–Trinajstić information content (AvgIpc) is 2.11. The van der Waals surface area contributed by atoms with Gasteiger partial charge in [0.15, 0.2) is 11.5 Å². The summed E-state index contributed by atoms with van der Waals surface area (Å²) in [6, 6.07) is 3.09. The molecule has 5 N–H and O–H groups in total. The molecule has 6 heteroatoms. The van der Waals surface area contributed by atoms with Gasteiger partial charge >= 0.3 is 5.97 Å². The van der Waals surface area contributed by atoms with Crippen molar-refractivity contribution in [2.24, 2.45) is 5.73 Å². The van der Waals surface area contributed by atoms with Gasteiger partial charge in [-0.3, -0.25) is 4.79 Å². The van der Waals surface area contributed by atoms with E-state index in [1.54, 1.807) is 0 Å². The van der Waals surface area contributed by atoms with E-state index >= 15 is 0 Å². The van der Waals surface area contributed by atoms with Gasteiger partial charge in [0.05, 0.1) is 0 Å². The number of hydrogen-bond donors (Lipinski definition) is 4. The second kappa shape index (κ2) is 5.77. The number of benzene rings is 1. The molecular formula is C9H11AuNO4. The van der Waals surface area contributed by atoms with Gasteiger partial charge in [-0.2, -0.15) is 0 Å². The van der Waals surface area contributed by atoms with E-state index in [1.807, 2.05) is 0 Å². The Hall–Kier alpha value is -1.01. The van der Waals surface area contributed by atoms with Gasteiger partial charge in [-0.25, -0.2) is 0 Å². The van der Waals surface area contributed by atoms with E-state index in [9.17, 15) is 4.79 Å². The molecule has 1 aromatic rings. The van der Waals surface area contributed by atoms with Crippen LogP contribution in [0.15, 0.2) is 18.2 Å². The molecule has 1 atom stereocenters. The molecule has 1 unspecified atom stereocenters. The first kappa shape index (κ1) is 14.0. The zero-order chi connectivity index (χ0) is 10.7. The number of carboxylic acids is 1. The van der Waals surface area contributed by atoms with Gasteiger partial charge in [0.1, 0.15) is 6.04 Å². The first-order valence-corrected chi connectivity index (χ1v) is 4.00. The van der Waals surface area contributed by atoms with Gasteiger partial charge in [0.25, 0.3) is 0 Å². The fraction of sp³-hybridized carbons (Fsp3) is 0.222. The molecule has 0 bridgehead atoms. The second-order valence-electron chi connectivity index (χ2n) is 2.97. The Kier molecular flexibility index (Phi) is 5.38. The topological polar surface area (TPSA) is 104 Å². The van der Waals surface area contributed by atoms with Crippen LogP contribution in [0, 0.1) is 0 Å². The van der Waals surface area contributed by atoms with Crippen molar-refractivity contribution in [1.29, 1.82) is 0 Å². The van der Waals surface area contributed by atoms with Crippen molar-refractivity contribution in [3.05, 3.63) is 23.8 Å². The van der Waals surface area contributed by atoms with Crippen LogP contribution in [-0.2, 0) is 33.6 Å². The van der Waals surface area contributed by atoms with E-state index in [4.69, 9.17) is 21.1 Å². The fourth-order valence-corrected chi connectivity index (χ4v) is 1.04. The van der Waals surface area contributed by atoms with Crippen molar-refractivity contribution in [3.63, 3.8) is 0 Å². The van der Waals surface area contributed by atoms with E-state index < -0.39 is 12.0 Å². The molecule has 5 nitrogen and oxygen atoms in total. The molecule has 1 aromatic carbocycles. The maximum absolute atomic E-state index is 10.4. The first-order chi connectivity index (χ1) is 6.50. The van der Waals surface area contributed by atoms with Gasteiger partial charge in [-0.1, -0.05) is 6.07 Å². The number of rotatable bonds is 3. The minimum atomic E-state index is -1.10. The summed E-state index contributed by atoms with van der Waals surface area (Å²) in [4.78, 5) is 10.4. The molecule has 0 saturated carbocycles. The SMILES string of the molecule is NC(Cc1ccc(O)c(O)c1)C(=O)O.[Au]. The van der Waals surface area contributed by atoms with Gasteiger partial charge in [-0.15, -0.1) is 0 Å². The third-order valence-corrected chi connectivity index (χ3v) is 1.81. The molecule has 0 amide bonds. The maximum atomic E-state index is 10.4. The Morgan fingerprint density at radius 1 is 1.33 bits per heavy atom. The van der Waals surface area contributed by atoms with Gasteiger partial charge < -0.3 is 21.1 Å². The zero-order valence-corrected chi connectivity index (χ0v) is 9.81. The molecule has 0 aliphatic heterocycles. The van der Waals surface area contributed by atoms with Crippen LogP contribution in [0.2, 0.25) is 0 Å². The first-order valence-electron chi connectivity index (χ1n) is 4.00. The Morgan fingerprint density at radius 3 is 2.40 bits per heavy atom. The molecule has 0 aliphatic carbocycles. The van der Waals surface area contributed by atoms with Crippen molar-refractivity contribution in [3.8, 4) is 11.5 Å². The summed E-state index contributed by atoms with van der Waals surface area (Å²) < 4.78 is 0. The van der Waals surface area contributed by atoms with E-state index in [0.29, 0.717) is 5.56 Å². The smallest absolute Gasteiger partial charge is 0.320 e. The Balaban J connectivity index is 0.00000196. The number of carbonyl (C=O) groups is 1. The summed E-state index contributed by atoms with van der Waals surface area (Å²) in [5.74, 6) is -1.62. The van der Waals surface area contributed by atoms with Crippen LogP contribution in [0.25, 0.3) is 0 Å². The molecule has 0 aromatic heterocycles. The summed E-state index contributed by atoms with van der Waals surface area (Å²) in [5, 5.41) is 26.6. The molecule has 87 valence electrons. The van der Waals surface area contributed by atoms with Crippen LogP contribution >= 0.6 is 0 Å². The number of nitrogens with two attached hydrogens (primary N) is 1. The van der Waals surface area contributed by atoms with E-state index in [1.165, 1.54) is 18.2 Å². The van der Waals surface area contributed by atoms with Crippen molar-refractivity contribution in [2.45, 2.75) is 12.5 Å². The number of carboxylic acid groups (broad SMARTS) is 1. The fourth-order valence-electron chi connectivity index (χ4n) is 1.04. The zero-order valence-electron chi connectivity index (χ0n) is 7.65. The molecule has 0 fully saturated rings. The van der Waals surface area contributed by atoms with Gasteiger partial charge in [-0.05, 0) is 24.1 Å². The predicted molar refractivity (Wildman–Crippen MR) is 49.1 cm³/mol. The summed E-state index contributed by atoms with van der Waals surface area (Å²) in [5.41, 5.74) is 5.86. The minimum absolute atomic E-state index is 0. The minimum Gasteiger partial charge on any atom is -0.504 e. The van der Waals surface area contributed by atoms with Crippen molar-refractivity contribution >= 4 is 5.97 Å². The average molecular weight is 394 g/mol. The summed E-state index contributed by atoms with van der Waals surface area (Å²) in [7, 11) is 0. The summed E-state index contributed by atoms with van der Waals surface area (Å²) in [6.07, 6.45) is 0.114. The van der Waals surface area contributed by atoms with Crippen molar-refractivity contribution < 1.29 is 42.5 Å². The van der Waals surface area contributed by atoms with Crippen molar-refractivity contribution in [1.82, 2.24) is 0 Å². The maximum Gasteiger partial charge on any atom is 0.320 e. The molecule has 0 heterocycles. The second-order valence-corrected chi connectivity index (χ2v) is 2.97. The number of phenolic OH excluding ortho intramolecular Hbond substituents is 2. The van der Waals surface area contributed by atoms with Crippen LogP contribution in [0.5, 0.6) is 11.5 Å². The molecule has 1 radical (unpaired) electrons. The normalized spacial score (nSPS) is 11.5. The van der Waals surface area contributed by atoms with Crippen LogP contribution < -0.4 is 5.73 Å². The number of hydrogen-bond acceptors (Lipinski definition) is 4. The van der Waals surface area contributed by atoms with Crippen LogP contribution in [0.1, 0.15) is 5.56 Å². The Labute approximate surface area is 102 Å². The standard InChI is InChI=1S/C9H11NO4.Au/c10-6(9(13)14)3-5-1-2-7(11)8(12)4-5;/h1-2,4,6,11-12H,3,10H2,(H,13,14);. The van der Waals surface area contributed by atoms with E-state index in [2.05, 4.69) is 0 Å². The van der Waals surface area contributed by atoms with Crippen LogP contribution in [-0.4, -0.2) is 27.3 Å². The van der Waals surface area contributed by atoms with Crippen LogP contribution in [0.3, 0.4) is 0 Å². The third kappa shape index (κ3) is 3.93.